The lowest BCUT2D eigenvalue weighted by molar-refractivity contribution is -0.689. The van der Waals surface area contributed by atoms with Gasteiger partial charge in [0.25, 0.3) is 0 Å². The van der Waals surface area contributed by atoms with Crippen LogP contribution in [0.2, 0.25) is 0 Å². The van der Waals surface area contributed by atoms with Crippen molar-refractivity contribution >= 4 is 49.9 Å². The molecule has 7 rings (SSSR count). The third-order valence-electron chi connectivity index (χ3n) is 11.6. The molecule has 30 heteroatoms. The van der Waals surface area contributed by atoms with Crippen LogP contribution in [0.5, 0.6) is 5.75 Å². The molecule has 0 atom stereocenters. The summed E-state index contributed by atoms with van der Waals surface area (Å²) in [6.07, 6.45) is -49.7. The molecule has 1 aromatic heterocycles. The summed E-state index contributed by atoms with van der Waals surface area (Å²) in [7, 11) is 0. The highest BCUT2D eigenvalue weighted by atomic mass is 79.9. The Morgan fingerprint density at radius 1 is 0.425 bits per heavy atom. The maximum atomic E-state index is 14.2. The van der Waals surface area contributed by atoms with Gasteiger partial charge >= 0.3 is 55.4 Å². The average molecular weight is 1230 g/mol. The number of esters is 1. The van der Waals surface area contributed by atoms with Crippen molar-refractivity contribution in [3.63, 3.8) is 0 Å². The van der Waals surface area contributed by atoms with Crippen molar-refractivity contribution in [3.05, 3.63) is 206 Å². The molecule has 0 aliphatic heterocycles. The van der Waals surface area contributed by atoms with E-state index in [9.17, 15) is 110 Å². The highest BCUT2D eigenvalue weighted by molar-refractivity contribution is 9.10. The van der Waals surface area contributed by atoms with Crippen LogP contribution in [0, 0.1) is 0 Å². The highest BCUT2D eigenvalue weighted by Gasteiger charge is 2.47. The first-order valence-electron chi connectivity index (χ1n) is 21.7. The van der Waals surface area contributed by atoms with E-state index in [2.05, 4.69) is 20.9 Å². The Morgan fingerprint density at radius 2 is 0.713 bits per heavy atom. The first-order valence-corrected chi connectivity index (χ1v) is 22.5. The molecular formula is C50H26BBrF24N2O2. The van der Waals surface area contributed by atoms with Gasteiger partial charge in [0.15, 0.2) is 12.7 Å². The van der Waals surface area contributed by atoms with Gasteiger partial charge in [0.2, 0.25) is 11.9 Å². The Hall–Kier alpha value is -7.27. The minimum Gasteiger partial charge on any atom is -0.422 e. The van der Waals surface area contributed by atoms with Gasteiger partial charge in [-0.25, -0.2) is 9.78 Å². The van der Waals surface area contributed by atoms with Crippen molar-refractivity contribution in [2.24, 2.45) is 0 Å². The van der Waals surface area contributed by atoms with E-state index in [1.165, 1.54) is 0 Å². The van der Waals surface area contributed by atoms with Gasteiger partial charge in [0.1, 0.15) is 11.9 Å². The van der Waals surface area contributed by atoms with Gasteiger partial charge in [-0.2, -0.15) is 132 Å². The van der Waals surface area contributed by atoms with Gasteiger partial charge < -0.3 is 4.74 Å². The summed E-state index contributed by atoms with van der Waals surface area (Å²) < 4.78 is 349. The number of carbonyl (C=O) groups is 1. The zero-order chi connectivity index (χ0) is 60.0. The lowest BCUT2D eigenvalue weighted by atomic mass is 9.12. The van der Waals surface area contributed by atoms with Gasteiger partial charge in [-0.3, -0.25) is 0 Å². The fourth-order valence-corrected chi connectivity index (χ4v) is 8.43. The normalized spacial score (nSPS) is 13.2. The average Bonchev–Trinajstić information content (AvgIpc) is 3.47. The molecular weight excluding hydrogens is 1210 g/mol. The number of alkyl halides is 24. The van der Waals surface area contributed by atoms with E-state index in [4.69, 9.17) is 4.74 Å². The lowest BCUT2D eigenvalue weighted by Crippen LogP contribution is -2.75. The van der Waals surface area contributed by atoms with Crippen LogP contribution in [0.25, 0.3) is 0 Å². The van der Waals surface area contributed by atoms with E-state index in [1.54, 1.807) is 24.5 Å². The molecule has 0 saturated heterocycles. The molecule has 0 fully saturated rings. The molecule has 7 aromatic rings. The number of halogens is 25. The van der Waals surface area contributed by atoms with Gasteiger partial charge in [-0.15, -0.1) is 0 Å². The number of hydrogen-bond donors (Lipinski definition) is 0. The molecule has 0 saturated carbocycles. The zero-order valence-electron chi connectivity index (χ0n) is 38.8. The fourth-order valence-electron chi connectivity index (χ4n) is 8.16. The van der Waals surface area contributed by atoms with Gasteiger partial charge in [-0.05, 0) is 48.5 Å². The minimum absolute atomic E-state index is 0.270. The van der Waals surface area contributed by atoms with Gasteiger partial charge in [0.05, 0.1) is 50.7 Å². The molecule has 4 nitrogen and oxygen atoms in total. The second-order valence-corrected chi connectivity index (χ2v) is 18.1. The molecule has 0 radical (unpaired) electrons. The van der Waals surface area contributed by atoms with E-state index in [0.717, 1.165) is 10.0 Å². The second-order valence-electron chi connectivity index (χ2n) is 17.2. The molecule has 0 spiro atoms. The van der Waals surface area contributed by atoms with E-state index >= 15 is 0 Å². The topological polar surface area (TPSA) is 43.1 Å². The fraction of sp³-hybridized carbons (Fsp3) is 0.180. The predicted octanol–water partition coefficient (Wildman–Crippen LogP) is 14.6. The monoisotopic (exact) mass is 1230 g/mol. The maximum absolute atomic E-state index is 14.2. The summed E-state index contributed by atoms with van der Waals surface area (Å²) >= 11 is 3.34. The smallest absolute Gasteiger partial charge is 0.416 e. The SMILES string of the molecule is FC(F)(F)c1cc([B-](c2cc(C(F)(F)F)cc(C(F)(F)F)c2)(c2cc(C(F)(F)F)cc(C(F)(F)F)c2)c2cc(C(F)(F)F)cc(C(F)(F)F)c2)cc(C(F)(F)F)c1.O=C(Oc1ccc(Br)cc1)c1c[n+](Cc2ccccc2)ccn1. The van der Waals surface area contributed by atoms with E-state index in [-0.39, 0.29) is 5.69 Å². The number of hydrogen-bond acceptors (Lipinski definition) is 3. The summed E-state index contributed by atoms with van der Waals surface area (Å²) in [5.41, 5.74) is -28.8. The van der Waals surface area contributed by atoms with Crippen LogP contribution in [0.4, 0.5) is 105 Å². The Bertz CT molecular complexity index is 2930. The number of carbonyl (C=O) groups excluding carboxylic acids is 1. The molecule has 6 aromatic carbocycles. The molecule has 0 aliphatic rings. The third-order valence-corrected chi connectivity index (χ3v) is 12.2. The number of nitrogens with zero attached hydrogens (tertiary/aromatic N) is 2. The lowest BCUT2D eigenvalue weighted by Gasteiger charge is -2.46. The standard InChI is InChI=1S/C32H12BF24.C18H14BrN2O2/c34-25(35,36)13-1-14(26(37,38)39)6-21(5-13)33(22-7-15(27(40,41)42)2-16(8-22)28(43,44)45,23-9-17(29(46,47)48)3-18(10-23)30(49,50)51)24-11-19(31(52,53)54)4-20(12-24)32(55,56)57;19-15-6-8-16(9-7-15)23-18(22)17-13-21(11-10-20-17)12-14-4-2-1-3-5-14/h1-12H;1-11,13H,12H2/q-1;+1. The van der Waals surface area contributed by atoms with Crippen LogP contribution < -0.4 is 31.2 Å². The van der Waals surface area contributed by atoms with E-state index in [0.29, 0.717) is 12.3 Å². The number of ether oxygens (including phenoxy) is 1. The summed E-state index contributed by atoms with van der Waals surface area (Å²) in [5, 5.41) is 0. The van der Waals surface area contributed by atoms with Crippen LogP contribution in [0.1, 0.15) is 60.6 Å². The molecule has 0 aliphatic carbocycles. The first kappa shape index (κ1) is 61.9. The summed E-state index contributed by atoms with van der Waals surface area (Å²) in [4.78, 5) is 16.3. The summed E-state index contributed by atoms with van der Waals surface area (Å²) in [6, 6.07) is 8.29. The Morgan fingerprint density at radius 3 is 0.988 bits per heavy atom. The molecule has 0 bridgehead atoms. The van der Waals surface area contributed by atoms with Crippen molar-refractivity contribution in [2.75, 3.05) is 0 Å². The van der Waals surface area contributed by atoms with Crippen molar-refractivity contribution in [1.82, 2.24) is 4.98 Å². The van der Waals surface area contributed by atoms with Gasteiger partial charge in [-0.1, -0.05) is 94.8 Å². The van der Waals surface area contributed by atoms with Crippen LogP contribution in [0.3, 0.4) is 0 Å². The van der Waals surface area contributed by atoms with E-state index in [1.807, 2.05) is 53.2 Å². The molecule has 0 N–H and O–H groups in total. The minimum atomic E-state index is -6.13. The number of rotatable bonds is 8. The Kier molecular flexibility index (Phi) is 17.0. The van der Waals surface area contributed by atoms with Crippen molar-refractivity contribution in [3.8, 4) is 5.75 Å². The third kappa shape index (κ3) is 14.7. The first-order chi connectivity index (χ1) is 36.5. The Labute approximate surface area is 441 Å². The van der Waals surface area contributed by atoms with Crippen LogP contribution in [-0.2, 0) is 56.0 Å². The summed E-state index contributed by atoms with van der Waals surface area (Å²) in [6.45, 7) is 0.669. The maximum Gasteiger partial charge on any atom is 0.416 e. The molecule has 1 heterocycles. The van der Waals surface area contributed by atoms with Crippen molar-refractivity contribution in [2.45, 2.75) is 56.0 Å². The summed E-state index contributed by atoms with van der Waals surface area (Å²) in [5.74, 6) is 0.00759. The van der Waals surface area contributed by atoms with Crippen LogP contribution >= 0.6 is 15.9 Å². The van der Waals surface area contributed by atoms with Gasteiger partial charge in [0, 0.05) is 10.0 Å². The molecule has 0 unspecified atom stereocenters. The number of aromatic nitrogens is 2. The Balaban J connectivity index is 0.000000370. The van der Waals surface area contributed by atoms with Crippen molar-refractivity contribution in [1.29, 1.82) is 0 Å². The second kappa shape index (κ2) is 22.0. The van der Waals surface area contributed by atoms with E-state index < -0.39 is 201 Å². The molecule has 426 valence electrons. The molecule has 80 heavy (non-hydrogen) atoms. The van der Waals surface area contributed by atoms with Crippen LogP contribution in [0.15, 0.2) is 150 Å². The number of benzene rings is 6. The highest BCUT2D eigenvalue weighted by Crippen LogP contribution is 2.41. The predicted molar refractivity (Wildman–Crippen MR) is 239 cm³/mol. The largest absolute Gasteiger partial charge is 0.422 e. The quantitative estimate of drug-likeness (QED) is 0.0501. The molecule has 0 amide bonds. The van der Waals surface area contributed by atoms with Crippen LogP contribution in [-0.4, -0.2) is 17.1 Å². The zero-order valence-corrected chi connectivity index (χ0v) is 40.4. The van der Waals surface area contributed by atoms with Crippen molar-refractivity contribution < 1.29 is 119 Å².